The first-order valence-electron chi connectivity index (χ1n) is 6.12. The van der Waals surface area contributed by atoms with Gasteiger partial charge in [-0.3, -0.25) is 0 Å². The van der Waals surface area contributed by atoms with Gasteiger partial charge in [-0.1, -0.05) is 0 Å². The number of hydrogen-bond acceptors (Lipinski definition) is 4. The van der Waals surface area contributed by atoms with E-state index in [0.717, 1.165) is 19.8 Å². The Morgan fingerprint density at radius 3 is 1.88 bits per heavy atom. The lowest BCUT2D eigenvalue weighted by molar-refractivity contribution is 0.0126. The third kappa shape index (κ3) is 10.4. The Labute approximate surface area is 99.9 Å². The predicted molar refractivity (Wildman–Crippen MR) is 65.9 cm³/mol. The molecule has 0 heterocycles. The zero-order valence-corrected chi connectivity index (χ0v) is 11.2. The highest BCUT2D eigenvalue weighted by Gasteiger charge is 2.01. The fraction of sp³-hybridized carbons (Fsp3) is 1.00. The molecule has 0 aliphatic rings. The summed E-state index contributed by atoms with van der Waals surface area (Å²) in [5.74, 6) is 0. The molecule has 0 rings (SSSR count). The van der Waals surface area contributed by atoms with Gasteiger partial charge in [0, 0.05) is 19.2 Å². The highest BCUT2D eigenvalue weighted by atomic mass is 16.5. The van der Waals surface area contributed by atoms with Crippen molar-refractivity contribution in [3.05, 3.63) is 0 Å². The summed E-state index contributed by atoms with van der Waals surface area (Å²) >= 11 is 0. The highest BCUT2D eigenvalue weighted by molar-refractivity contribution is 4.55. The van der Waals surface area contributed by atoms with E-state index in [1.165, 1.54) is 0 Å². The second-order valence-electron chi connectivity index (χ2n) is 4.00. The summed E-state index contributed by atoms with van der Waals surface area (Å²) < 4.78 is 15.9. The molecular weight excluding hydrogens is 206 g/mol. The van der Waals surface area contributed by atoms with E-state index in [4.69, 9.17) is 14.2 Å². The molecule has 0 spiro atoms. The van der Waals surface area contributed by atoms with Gasteiger partial charge in [0.15, 0.2) is 0 Å². The molecule has 0 amide bonds. The monoisotopic (exact) mass is 233 g/mol. The SMILES string of the molecule is CCOCCOCCOCCN(C)C(C)C. The maximum Gasteiger partial charge on any atom is 0.0701 e. The summed E-state index contributed by atoms with van der Waals surface area (Å²) in [5.41, 5.74) is 0. The molecule has 16 heavy (non-hydrogen) atoms. The molecule has 0 bridgehead atoms. The lowest BCUT2D eigenvalue weighted by Gasteiger charge is -2.20. The molecule has 98 valence electrons. The lowest BCUT2D eigenvalue weighted by atomic mass is 10.3. The van der Waals surface area contributed by atoms with Gasteiger partial charge >= 0.3 is 0 Å². The van der Waals surface area contributed by atoms with Crippen LogP contribution in [0, 0.1) is 0 Å². The van der Waals surface area contributed by atoms with Crippen molar-refractivity contribution in [1.82, 2.24) is 4.90 Å². The van der Waals surface area contributed by atoms with Crippen LogP contribution in [0.15, 0.2) is 0 Å². The van der Waals surface area contributed by atoms with E-state index in [-0.39, 0.29) is 0 Å². The molecule has 0 saturated carbocycles. The standard InChI is InChI=1S/C12H27NO3/c1-5-14-8-9-16-11-10-15-7-6-13(4)12(2)3/h12H,5-11H2,1-4H3. The third-order valence-electron chi connectivity index (χ3n) is 2.42. The Kier molecular flexibility index (Phi) is 11.2. The average molecular weight is 233 g/mol. The van der Waals surface area contributed by atoms with Crippen molar-refractivity contribution in [1.29, 1.82) is 0 Å². The zero-order chi connectivity index (χ0) is 12.2. The molecule has 0 aliphatic heterocycles. The van der Waals surface area contributed by atoms with Crippen LogP contribution in [0.4, 0.5) is 0 Å². The molecule has 0 unspecified atom stereocenters. The van der Waals surface area contributed by atoms with Crippen LogP contribution in [-0.2, 0) is 14.2 Å². The summed E-state index contributed by atoms with van der Waals surface area (Å²) in [6, 6.07) is 0.575. The molecule has 0 N–H and O–H groups in total. The van der Waals surface area contributed by atoms with Gasteiger partial charge in [-0.15, -0.1) is 0 Å². The lowest BCUT2D eigenvalue weighted by Crippen LogP contribution is -2.30. The topological polar surface area (TPSA) is 30.9 Å². The highest BCUT2D eigenvalue weighted by Crippen LogP contribution is 1.92. The van der Waals surface area contributed by atoms with Gasteiger partial charge < -0.3 is 19.1 Å². The minimum Gasteiger partial charge on any atom is -0.379 e. The van der Waals surface area contributed by atoms with E-state index in [1.54, 1.807) is 0 Å². The van der Waals surface area contributed by atoms with Gasteiger partial charge in [-0.25, -0.2) is 0 Å². The van der Waals surface area contributed by atoms with Gasteiger partial charge in [-0.2, -0.15) is 0 Å². The van der Waals surface area contributed by atoms with Crippen molar-refractivity contribution in [2.75, 3.05) is 53.2 Å². The van der Waals surface area contributed by atoms with Gasteiger partial charge in [-0.05, 0) is 27.8 Å². The molecule has 0 aromatic carbocycles. The van der Waals surface area contributed by atoms with Crippen LogP contribution in [0.2, 0.25) is 0 Å². The van der Waals surface area contributed by atoms with Crippen LogP contribution < -0.4 is 0 Å². The molecule has 0 aliphatic carbocycles. The van der Waals surface area contributed by atoms with Gasteiger partial charge in [0.25, 0.3) is 0 Å². The Morgan fingerprint density at radius 1 is 0.875 bits per heavy atom. The summed E-state index contributed by atoms with van der Waals surface area (Å²) in [6.45, 7) is 11.5. The number of hydrogen-bond donors (Lipinski definition) is 0. The maximum absolute atomic E-state index is 5.45. The van der Waals surface area contributed by atoms with E-state index >= 15 is 0 Å². The van der Waals surface area contributed by atoms with Crippen molar-refractivity contribution in [3.63, 3.8) is 0 Å². The summed E-state index contributed by atoms with van der Waals surface area (Å²) in [4.78, 5) is 2.26. The second kappa shape index (κ2) is 11.3. The quantitative estimate of drug-likeness (QED) is 0.505. The maximum atomic E-state index is 5.45. The first-order valence-corrected chi connectivity index (χ1v) is 6.12. The molecular formula is C12H27NO3. The number of likely N-dealkylation sites (N-methyl/N-ethyl adjacent to an activating group) is 1. The van der Waals surface area contributed by atoms with Crippen molar-refractivity contribution in [3.8, 4) is 0 Å². The summed E-state index contributed by atoms with van der Waals surface area (Å²) in [6.07, 6.45) is 0. The van der Waals surface area contributed by atoms with Gasteiger partial charge in [0.1, 0.15) is 0 Å². The van der Waals surface area contributed by atoms with E-state index in [9.17, 15) is 0 Å². The number of nitrogens with zero attached hydrogens (tertiary/aromatic N) is 1. The Morgan fingerprint density at radius 2 is 1.38 bits per heavy atom. The Bertz CT molecular complexity index is 142. The number of rotatable bonds is 11. The smallest absolute Gasteiger partial charge is 0.0701 e. The van der Waals surface area contributed by atoms with Crippen molar-refractivity contribution < 1.29 is 14.2 Å². The van der Waals surface area contributed by atoms with Gasteiger partial charge in [0.05, 0.1) is 33.0 Å². The Balaban J connectivity index is 3.04. The molecule has 0 aromatic heterocycles. The minimum atomic E-state index is 0.575. The summed E-state index contributed by atoms with van der Waals surface area (Å²) in [5, 5.41) is 0. The van der Waals surface area contributed by atoms with Crippen LogP contribution in [0.25, 0.3) is 0 Å². The van der Waals surface area contributed by atoms with Crippen LogP contribution >= 0.6 is 0 Å². The minimum absolute atomic E-state index is 0.575. The molecule has 0 saturated heterocycles. The average Bonchev–Trinajstić information content (AvgIpc) is 2.26. The van der Waals surface area contributed by atoms with E-state index in [1.807, 2.05) is 6.92 Å². The number of ether oxygens (including phenoxy) is 3. The molecule has 0 aromatic rings. The van der Waals surface area contributed by atoms with Crippen LogP contribution in [0.5, 0.6) is 0 Å². The van der Waals surface area contributed by atoms with E-state index in [0.29, 0.717) is 32.5 Å². The second-order valence-corrected chi connectivity index (χ2v) is 4.00. The van der Waals surface area contributed by atoms with Crippen LogP contribution in [0.1, 0.15) is 20.8 Å². The largest absolute Gasteiger partial charge is 0.379 e. The predicted octanol–water partition coefficient (Wildman–Crippen LogP) is 1.40. The fourth-order valence-electron chi connectivity index (χ4n) is 1.05. The van der Waals surface area contributed by atoms with Crippen LogP contribution in [-0.4, -0.2) is 64.2 Å². The first-order chi connectivity index (χ1) is 7.68. The van der Waals surface area contributed by atoms with Crippen LogP contribution in [0.3, 0.4) is 0 Å². The van der Waals surface area contributed by atoms with E-state index < -0.39 is 0 Å². The van der Waals surface area contributed by atoms with Crippen molar-refractivity contribution in [2.45, 2.75) is 26.8 Å². The molecule has 0 fully saturated rings. The molecule has 0 radical (unpaired) electrons. The molecule has 4 nitrogen and oxygen atoms in total. The summed E-state index contributed by atoms with van der Waals surface area (Å²) in [7, 11) is 2.10. The molecule has 0 atom stereocenters. The van der Waals surface area contributed by atoms with Gasteiger partial charge in [0.2, 0.25) is 0 Å². The first kappa shape index (κ1) is 15.8. The molecule has 4 heteroatoms. The van der Waals surface area contributed by atoms with Crippen molar-refractivity contribution in [2.24, 2.45) is 0 Å². The van der Waals surface area contributed by atoms with E-state index in [2.05, 4.69) is 25.8 Å². The third-order valence-corrected chi connectivity index (χ3v) is 2.42. The van der Waals surface area contributed by atoms with Crippen molar-refractivity contribution >= 4 is 0 Å². The zero-order valence-electron chi connectivity index (χ0n) is 11.2. The normalized spacial score (nSPS) is 11.6. The Hall–Kier alpha value is -0.160. The fourth-order valence-corrected chi connectivity index (χ4v) is 1.05.